The van der Waals surface area contributed by atoms with Crippen molar-refractivity contribution in [2.45, 2.75) is 13.0 Å². The summed E-state index contributed by atoms with van der Waals surface area (Å²) in [5.41, 5.74) is 2.20. The van der Waals surface area contributed by atoms with Crippen LogP contribution in [0.4, 0.5) is 4.39 Å². The number of morpholine rings is 1. The number of hydrogen-bond donors (Lipinski definition) is 1. The molecule has 2 aromatic rings. The van der Waals surface area contributed by atoms with Crippen molar-refractivity contribution < 1.29 is 18.7 Å². The van der Waals surface area contributed by atoms with E-state index in [1.54, 1.807) is 12.1 Å². The van der Waals surface area contributed by atoms with E-state index >= 15 is 0 Å². The lowest BCUT2D eigenvalue weighted by Crippen LogP contribution is -2.44. The summed E-state index contributed by atoms with van der Waals surface area (Å²) in [5, 5.41) is 3.02. The Kier molecular flexibility index (Phi) is 6.79. The van der Waals surface area contributed by atoms with Crippen molar-refractivity contribution in [2.24, 2.45) is 0 Å². The van der Waals surface area contributed by atoms with Crippen LogP contribution in [0.2, 0.25) is 0 Å². The van der Waals surface area contributed by atoms with Gasteiger partial charge in [-0.2, -0.15) is 0 Å². The Labute approximate surface area is 159 Å². The minimum absolute atomic E-state index is 0.0766. The summed E-state index contributed by atoms with van der Waals surface area (Å²) < 4.78 is 24.4. The van der Waals surface area contributed by atoms with Gasteiger partial charge in [0.25, 0.3) is 5.91 Å². The zero-order valence-electron chi connectivity index (χ0n) is 15.5. The van der Waals surface area contributed by atoms with E-state index in [1.165, 1.54) is 12.1 Å². The van der Waals surface area contributed by atoms with E-state index in [1.807, 2.05) is 31.2 Å². The largest absolute Gasteiger partial charge is 0.481 e. The number of carbonyl (C=O) groups excluding carboxylic acids is 1. The van der Waals surface area contributed by atoms with Crippen LogP contribution in [0.1, 0.15) is 17.2 Å². The van der Waals surface area contributed by atoms with Gasteiger partial charge in [0.15, 0.2) is 18.2 Å². The smallest absolute Gasteiger partial charge is 0.258 e. The maximum atomic E-state index is 13.6. The molecule has 0 saturated carbocycles. The van der Waals surface area contributed by atoms with E-state index < -0.39 is 5.82 Å². The number of carbonyl (C=O) groups is 1. The van der Waals surface area contributed by atoms with Crippen LogP contribution >= 0.6 is 0 Å². The first-order valence-corrected chi connectivity index (χ1v) is 9.15. The number of rotatable bonds is 7. The molecule has 0 bridgehead atoms. The monoisotopic (exact) mass is 372 g/mol. The fourth-order valence-electron chi connectivity index (χ4n) is 3.02. The SMILES string of the molecule is Cc1ccc(C(CN2CCOCC2)NC(=O)COc2ccccc2F)cc1. The second-order valence-corrected chi connectivity index (χ2v) is 6.66. The Balaban J connectivity index is 1.63. The molecular formula is C21H25FN2O3. The average Bonchev–Trinajstić information content (AvgIpc) is 2.68. The van der Waals surface area contributed by atoms with Gasteiger partial charge in [-0.25, -0.2) is 4.39 Å². The highest BCUT2D eigenvalue weighted by atomic mass is 19.1. The number of ether oxygens (including phenoxy) is 2. The molecule has 1 saturated heterocycles. The summed E-state index contributed by atoms with van der Waals surface area (Å²) >= 11 is 0. The Morgan fingerprint density at radius 1 is 1.19 bits per heavy atom. The molecule has 0 spiro atoms. The molecule has 1 unspecified atom stereocenters. The minimum atomic E-state index is -0.478. The third-order valence-electron chi connectivity index (χ3n) is 4.55. The lowest BCUT2D eigenvalue weighted by Gasteiger charge is -2.31. The fourth-order valence-corrected chi connectivity index (χ4v) is 3.02. The van der Waals surface area contributed by atoms with Gasteiger partial charge in [0, 0.05) is 19.6 Å². The van der Waals surface area contributed by atoms with Crippen LogP contribution in [0.3, 0.4) is 0 Å². The molecule has 5 nitrogen and oxygen atoms in total. The highest BCUT2D eigenvalue weighted by Crippen LogP contribution is 2.18. The van der Waals surface area contributed by atoms with Crippen LogP contribution in [0, 0.1) is 12.7 Å². The number of amides is 1. The van der Waals surface area contributed by atoms with Crippen LogP contribution in [-0.4, -0.2) is 50.3 Å². The molecule has 1 aliphatic rings. The topological polar surface area (TPSA) is 50.8 Å². The lowest BCUT2D eigenvalue weighted by atomic mass is 10.0. The zero-order valence-corrected chi connectivity index (χ0v) is 15.5. The van der Waals surface area contributed by atoms with Crippen molar-refractivity contribution in [3.05, 3.63) is 65.5 Å². The predicted molar refractivity (Wildman–Crippen MR) is 101 cm³/mol. The van der Waals surface area contributed by atoms with Crippen molar-refractivity contribution in [1.82, 2.24) is 10.2 Å². The third-order valence-corrected chi connectivity index (χ3v) is 4.55. The number of nitrogens with one attached hydrogen (secondary N) is 1. The van der Waals surface area contributed by atoms with Gasteiger partial charge in [-0.05, 0) is 24.6 Å². The Hall–Kier alpha value is -2.44. The first kappa shape index (κ1) is 19.3. The van der Waals surface area contributed by atoms with E-state index in [2.05, 4.69) is 10.2 Å². The van der Waals surface area contributed by atoms with Gasteiger partial charge in [0.05, 0.1) is 19.3 Å². The molecule has 1 atom stereocenters. The maximum absolute atomic E-state index is 13.6. The number of benzene rings is 2. The van der Waals surface area contributed by atoms with E-state index in [9.17, 15) is 9.18 Å². The number of nitrogens with zero attached hydrogens (tertiary/aromatic N) is 1. The standard InChI is InChI=1S/C21H25FN2O3/c1-16-6-8-17(9-7-16)19(14-24-10-12-26-13-11-24)23-21(25)15-27-20-5-3-2-4-18(20)22/h2-9,19H,10-15H2,1H3,(H,23,25). The number of halogens is 1. The van der Waals surface area contributed by atoms with Gasteiger partial charge in [-0.15, -0.1) is 0 Å². The molecule has 1 heterocycles. The molecule has 144 valence electrons. The van der Waals surface area contributed by atoms with Crippen LogP contribution in [0.15, 0.2) is 48.5 Å². The first-order chi connectivity index (χ1) is 13.1. The van der Waals surface area contributed by atoms with E-state index in [0.29, 0.717) is 19.8 Å². The highest BCUT2D eigenvalue weighted by molar-refractivity contribution is 5.78. The minimum Gasteiger partial charge on any atom is -0.481 e. The molecule has 0 radical (unpaired) electrons. The second kappa shape index (κ2) is 9.48. The molecule has 1 amide bonds. The molecule has 2 aromatic carbocycles. The molecule has 1 fully saturated rings. The highest BCUT2D eigenvalue weighted by Gasteiger charge is 2.20. The van der Waals surface area contributed by atoms with Crippen molar-refractivity contribution in [1.29, 1.82) is 0 Å². The molecular weight excluding hydrogens is 347 g/mol. The second-order valence-electron chi connectivity index (χ2n) is 6.66. The van der Waals surface area contributed by atoms with Crippen LogP contribution < -0.4 is 10.1 Å². The Morgan fingerprint density at radius 2 is 1.89 bits per heavy atom. The van der Waals surface area contributed by atoms with Gasteiger partial charge in [0.1, 0.15) is 0 Å². The molecule has 0 aromatic heterocycles. The quantitative estimate of drug-likeness (QED) is 0.812. The Morgan fingerprint density at radius 3 is 2.59 bits per heavy atom. The van der Waals surface area contributed by atoms with Gasteiger partial charge in [-0.3, -0.25) is 9.69 Å². The molecule has 1 aliphatic heterocycles. The summed E-state index contributed by atoms with van der Waals surface area (Å²) in [6.45, 7) is 5.57. The summed E-state index contributed by atoms with van der Waals surface area (Å²) in [5.74, 6) is -0.682. The molecule has 27 heavy (non-hydrogen) atoms. The zero-order chi connectivity index (χ0) is 19.1. The molecule has 0 aliphatic carbocycles. The van der Waals surface area contributed by atoms with Crippen LogP contribution in [0.25, 0.3) is 0 Å². The van der Waals surface area contributed by atoms with Gasteiger partial charge >= 0.3 is 0 Å². The number of para-hydroxylation sites is 1. The first-order valence-electron chi connectivity index (χ1n) is 9.15. The van der Waals surface area contributed by atoms with Gasteiger partial charge in [0.2, 0.25) is 0 Å². The van der Waals surface area contributed by atoms with Crippen molar-refractivity contribution in [3.8, 4) is 5.75 Å². The predicted octanol–water partition coefficient (Wildman–Crippen LogP) is 2.70. The molecule has 1 N–H and O–H groups in total. The summed E-state index contributed by atoms with van der Waals surface area (Å²) in [6.07, 6.45) is 0. The normalized spacial score (nSPS) is 15.9. The Bertz CT molecular complexity index is 745. The average molecular weight is 372 g/mol. The van der Waals surface area contributed by atoms with Crippen LogP contribution in [-0.2, 0) is 9.53 Å². The summed E-state index contributed by atoms with van der Waals surface area (Å²) in [4.78, 5) is 14.7. The van der Waals surface area contributed by atoms with E-state index in [0.717, 1.165) is 24.2 Å². The lowest BCUT2D eigenvalue weighted by molar-refractivity contribution is -0.124. The van der Waals surface area contributed by atoms with Gasteiger partial charge in [-0.1, -0.05) is 42.0 Å². The fraction of sp³-hybridized carbons (Fsp3) is 0.381. The van der Waals surface area contributed by atoms with Crippen molar-refractivity contribution in [2.75, 3.05) is 39.5 Å². The van der Waals surface area contributed by atoms with Crippen LogP contribution in [0.5, 0.6) is 5.75 Å². The number of hydrogen-bond acceptors (Lipinski definition) is 4. The van der Waals surface area contributed by atoms with E-state index in [-0.39, 0.29) is 24.3 Å². The molecule has 3 rings (SSSR count). The van der Waals surface area contributed by atoms with Gasteiger partial charge < -0.3 is 14.8 Å². The molecule has 6 heteroatoms. The number of aryl methyl sites for hydroxylation is 1. The third kappa shape index (κ3) is 5.77. The summed E-state index contributed by atoms with van der Waals surface area (Å²) in [6, 6.07) is 14.0. The van der Waals surface area contributed by atoms with E-state index in [4.69, 9.17) is 9.47 Å². The summed E-state index contributed by atoms with van der Waals surface area (Å²) in [7, 11) is 0. The maximum Gasteiger partial charge on any atom is 0.258 e. The van der Waals surface area contributed by atoms with Crippen molar-refractivity contribution >= 4 is 5.91 Å². The van der Waals surface area contributed by atoms with Crippen molar-refractivity contribution in [3.63, 3.8) is 0 Å².